The summed E-state index contributed by atoms with van der Waals surface area (Å²) in [4.78, 5) is 14.5. The van der Waals surface area contributed by atoms with Gasteiger partial charge in [-0.15, -0.1) is 0 Å². The van der Waals surface area contributed by atoms with Crippen LogP contribution < -0.4 is 5.73 Å². The number of hydrogen-bond acceptors (Lipinski definition) is 2. The average Bonchev–Trinajstić information content (AvgIpc) is 2.90. The Labute approximate surface area is 114 Å². The topological polar surface area (TPSA) is 46.3 Å². The Bertz CT molecular complexity index is 440. The average molecular weight is 258 g/mol. The van der Waals surface area contributed by atoms with Gasteiger partial charge in [-0.05, 0) is 42.4 Å². The van der Waals surface area contributed by atoms with Crippen LogP contribution in [0.15, 0.2) is 24.3 Å². The number of carbonyl (C=O) groups excluding carboxylic acids is 1. The second-order valence-corrected chi connectivity index (χ2v) is 5.92. The highest BCUT2D eigenvalue weighted by Crippen LogP contribution is 2.36. The quantitative estimate of drug-likeness (QED) is 0.885. The van der Waals surface area contributed by atoms with E-state index in [0.29, 0.717) is 6.54 Å². The molecule has 1 aromatic rings. The third-order valence-corrected chi connectivity index (χ3v) is 4.70. The number of nitrogens with zero attached hydrogens (tertiary/aromatic N) is 1. The van der Waals surface area contributed by atoms with Crippen molar-refractivity contribution in [3.63, 3.8) is 0 Å². The third-order valence-electron chi connectivity index (χ3n) is 4.70. The number of hydrogen-bond donors (Lipinski definition) is 1. The fourth-order valence-corrected chi connectivity index (χ4v) is 3.54. The van der Waals surface area contributed by atoms with Crippen molar-refractivity contribution in [1.29, 1.82) is 0 Å². The highest BCUT2D eigenvalue weighted by atomic mass is 16.2. The molecule has 0 spiro atoms. The molecule has 2 aliphatic rings. The van der Waals surface area contributed by atoms with Crippen molar-refractivity contribution in [3.8, 4) is 0 Å². The van der Waals surface area contributed by atoms with Gasteiger partial charge in [0, 0.05) is 25.2 Å². The van der Waals surface area contributed by atoms with Crippen LogP contribution in [0.1, 0.15) is 41.6 Å². The van der Waals surface area contributed by atoms with Crippen LogP contribution in [0.4, 0.5) is 0 Å². The van der Waals surface area contributed by atoms with Crippen molar-refractivity contribution in [2.75, 3.05) is 13.1 Å². The molecule has 2 atom stereocenters. The first-order valence-corrected chi connectivity index (χ1v) is 7.36. The van der Waals surface area contributed by atoms with Crippen molar-refractivity contribution >= 4 is 5.91 Å². The molecule has 3 rings (SSSR count). The lowest BCUT2D eigenvalue weighted by Gasteiger charge is -2.22. The van der Waals surface area contributed by atoms with E-state index in [-0.39, 0.29) is 5.91 Å². The maximum Gasteiger partial charge on any atom is 0.253 e. The van der Waals surface area contributed by atoms with Crippen molar-refractivity contribution in [2.45, 2.75) is 32.2 Å². The maximum absolute atomic E-state index is 12.5. The van der Waals surface area contributed by atoms with E-state index >= 15 is 0 Å². The van der Waals surface area contributed by atoms with Gasteiger partial charge in [0.1, 0.15) is 0 Å². The number of nitrogens with two attached hydrogens (primary N) is 1. The van der Waals surface area contributed by atoms with E-state index in [1.807, 2.05) is 24.3 Å². The Kier molecular flexibility index (Phi) is 3.56. The number of carbonyl (C=O) groups is 1. The van der Waals surface area contributed by atoms with Crippen LogP contribution in [0.25, 0.3) is 0 Å². The van der Waals surface area contributed by atoms with E-state index in [0.717, 1.165) is 36.1 Å². The maximum atomic E-state index is 12.5. The summed E-state index contributed by atoms with van der Waals surface area (Å²) in [6, 6.07) is 7.73. The Hall–Kier alpha value is -1.35. The molecule has 1 saturated heterocycles. The summed E-state index contributed by atoms with van der Waals surface area (Å²) in [6.07, 6.45) is 5.30. The highest BCUT2D eigenvalue weighted by molar-refractivity contribution is 5.94. The minimum atomic E-state index is 0.193. The fourth-order valence-electron chi connectivity index (χ4n) is 3.54. The van der Waals surface area contributed by atoms with Gasteiger partial charge in [0.15, 0.2) is 0 Å². The van der Waals surface area contributed by atoms with Crippen molar-refractivity contribution in [1.82, 2.24) is 4.90 Å². The summed E-state index contributed by atoms with van der Waals surface area (Å²) in [5.41, 5.74) is 7.46. The monoisotopic (exact) mass is 258 g/mol. The Morgan fingerprint density at radius 2 is 1.68 bits per heavy atom. The lowest BCUT2D eigenvalue weighted by molar-refractivity contribution is 0.0784. The Morgan fingerprint density at radius 1 is 1.11 bits per heavy atom. The van der Waals surface area contributed by atoms with E-state index in [2.05, 4.69) is 4.90 Å². The molecular formula is C16H22N2O. The Balaban J connectivity index is 1.70. The number of benzene rings is 1. The van der Waals surface area contributed by atoms with Crippen LogP contribution in [-0.4, -0.2) is 23.9 Å². The van der Waals surface area contributed by atoms with Crippen LogP contribution >= 0.6 is 0 Å². The first-order chi connectivity index (χ1) is 9.28. The van der Waals surface area contributed by atoms with Crippen molar-refractivity contribution in [2.24, 2.45) is 17.6 Å². The van der Waals surface area contributed by atoms with E-state index in [4.69, 9.17) is 5.73 Å². The number of amides is 1. The SMILES string of the molecule is NCc1ccc(C(=O)N2CC3CCCCC3C2)cc1. The summed E-state index contributed by atoms with van der Waals surface area (Å²) >= 11 is 0. The first-order valence-electron chi connectivity index (χ1n) is 7.36. The summed E-state index contributed by atoms with van der Waals surface area (Å²) < 4.78 is 0. The highest BCUT2D eigenvalue weighted by Gasteiger charge is 2.36. The van der Waals surface area contributed by atoms with Crippen LogP contribution in [0, 0.1) is 11.8 Å². The molecule has 1 heterocycles. The molecule has 3 heteroatoms. The zero-order valence-electron chi connectivity index (χ0n) is 11.3. The van der Waals surface area contributed by atoms with Gasteiger partial charge >= 0.3 is 0 Å². The van der Waals surface area contributed by atoms with Gasteiger partial charge < -0.3 is 10.6 Å². The van der Waals surface area contributed by atoms with E-state index < -0.39 is 0 Å². The number of rotatable bonds is 2. The van der Waals surface area contributed by atoms with E-state index in [1.54, 1.807) is 0 Å². The summed E-state index contributed by atoms with van der Waals surface area (Å²) in [5, 5.41) is 0. The smallest absolute Gasteiger partial charge is 0.253 e. The van der Waals surface area contributed by atoms with Crippen LogP contribution in [-0.2, 0) is 6.54 Å². The van der Waals surface area contributed by atoms with Crippen LogP contribution in [0.5, 0.6) is 0 Å². The summed E-state index contributed by atoms with van der Waals surface area (Å²) in [6.45, 7) is 2.45. The number of likely N-dealkylation sites (tertiary alicyclic amines) is 1. The van der Waals surface area contributed by atoms with E-state index in [9.17, 15) is 4.79 Å². The molecule has 0 aromatic heterocycles. The van der Waals surface area contributed by atoms with Crippen LogP contribution in [0.2, 0.25) is 0 Å². The molecule has 2 N–H and O–H groups in total. The van der Waals surface area contributed by atoms with Gasteiger partial charge in [-0.25, -0.2) is 0 Å². The molecule has 1 aliphatic heterocycles. The molecular weight excluding hydrogens is 236 g/mol. The molecule has 2 fully saturated rings. The van der Waals surface area contributed by atoms with Gasteiger partial charge in [-0.3, -0.25) is 4.79 Å². The van der Waals surface area contributed by atoms with Crippen molar-refractivity contribution < 1.29 is 4.79 Å². The summed E-state index contributed by atoms with van der Waals surface area (Å²) in [7, 11) is 0. The molecule has 2 unspecified atom stereocenters. The van der Waals surface area contributed by atoms with Gasteiger partial charge in [-0.2, -0.15) is 0 Å². The second-order valence-electron chi connectivity index (χ2n) is 5.92. The lowest BCUT2D eigenvalue weighted by Crippen LogP contribution is -2.28. The predicted molar refractivity (Wildman–Crippen MR) is 75.7 cm³/mol. The van der Waals surface area contributed by atoms with Crippen LogP contribution in [0.3, 0.4) is 0 Å². The minimum absolute atomic E-state index is 0.193. The zero-order valence-corrected chi connectivity index (χ0v) is 11.3. The lowest BCUT2D eigenvalue weighted by atomic mass is 9.82. The molecule has 3 nitrogen and oxygen atoms in total. The van der Waals surface area contributed by atoms with E-state index in [1.165, 1.54) is 25.7 Å². The van der Waals surface area contributed by atoms with Gasteiger partial charge in [-0.1, -0.05) is 25.0 Å². The standard InChI is InChI=1S/C16H22N2O/c17-9-12-5-7-13(8-6-12)16(19)18-10-14-3-1-2-4-15(14)11-18/h5-8,14-15H,1-4,9-11,17H2. The third kappa shape index (κ3) is 2.52. The van der Waals surface area contributed by atoms with Gasteiger partial charge in [0.05, 0.1) is 0 Å². The van der Waals surface area contributed by atoms with Crippen molar-refractivity contribution in [3.05, 3.63) is 35.4 Å². The van der Waals surface area contributed by atoms with Gasteiger partial charge in [0.2, 0.25) is 0 Å². The molecule has 0 radical (unpaired) electrons. The largest absolute Gasteiger partial charge is 0.338 e. The van der Waals surface area contributed by atoms with Gasteiger partial charge in [0.25, 0.3) is 5.91 Å². The minimum Gasteiger partial charge on any atom is -0.338 e. The zero-order chi connectivity index (χ0) is 13.2. The molecule has 1 saturated carbocycles. The summed E-state index contributed by atoms with van der Waals surface area (Å²) in [5.74, 6) is 1.69. The normalized spacial score (nSPS) is 26.3. The molecule has 19 heavy (non-hydrogen) atoms. The molecule has 1 aliphatic carbocycles. The molecule has 0 bridgehead atoms. The predicted octanol–water partition coefficient (Wildman–Crippen LogP) is 2.41. The number of fused-ring (bicyclic) bond motifs is 1. The second kappa shape index (κ2) is 5.33. The Morgan fingerprint density at radius 3 is 2.21 bits per heavy atom. The molecule has 102 valence electrons. The molecule has 1 aromatic carbocycles. The first kappa shape index (κ1) is 12.7. The molecule has 1 amide bonds. The fraction of sp³-hybridized carbons (Fsp3) is 0.562.